The van der Waals surface area contributed by atoms with Crippen molar-refractivity contribution in [2.75, 3.05) is 31.3 Å². The Morgan fingerprint density at radius 1 is 0.529 bits per heavy atom. The molecule has 34 heavy (non-hydrogen) atoms. The van der Waals surface area contributed by atoms with E-state index in [1.54, 1.807) is 0 Å². The maximum absolute atomic E-state index is 13.3. The second-order valence-corrected chi connectivity index (χ2v) is 18.1. The quantitative estimate of drug-likeness (QED) is 0.0903. The molecule has 0 radical (unpaired) electrons. The standard InChI is InChI=1S/C28H62O4P2/c1-6-11-16-17-18-19-20-21-22-23-24-31-33(29,30)32-34(25-12-7-2,26-13-8-3,27-14-9-4)28-15-10-5/h6-28H2,1-5H3,(H,29,30). The van der Waals surface area contributed by atoms with E-state index in [2.05, 4.69) is 34.6 Å². The second kappa shape index (κ2) is 20.6. The van der Waals surface area contributed by atoms with Crippen LogP contribution in [0, 0.1) is 0 Å². The van der Waals surface area contributed by atoms with E-state index in [1.807, 2.05) is 0 Å². The Morgan fingerprint density at radius 3 is 1.21 bits per heavy atom. The number of hydrogen-bond donors (Lipinski definition) is 1. The molecule has 0 fully saturated rings. The Morgan fingerprint density at radius 2 is 0.853 bits per heavy atom. The van der Waals surface area contributed by atoms with E-state index < -0.39 is 14.7 Å². The fourth-order valence-electron chi connectivity index (χ4n) is 5.15. The van der Waals surface area contributed by atoms with Crippen LogP contribution in [0.5, 0.6) is 0 Å². The van der Waals surface area contributed by atoms with Gasteiger partial charge < -0.3 is 0 Å². The third-order valence-corrected chi connectivity index (χ3v) is 16.4. The van der Waals surface area contributed by atoms with Gasteiger partial charge in [-0.15, -0.1) is 0 Å². The SMILES string of the molecule is CCCCCCCCCCCCOP(=O)(O)OP(CCCC)(CCCC)(CCCC)CCCC. The van der Waals surface area contributed by atoms with Gasteiger partial charge >= 0.3 is 195 Å². The molecule has 0 amide bonds. The van der Waals surface area contributed by atoms with E-state index in [1.165, 1.54) is 51.4 Å². The van der Waals surface area contributed by atoms with E-state index in [9.17, 15) is 9.46 Å². The molecule has 1 atom stereocenters. The van der Waals surface area contributed by atoms with Crippen LogP contribution < -0.4 is 0 Å². The van der Waals surface area contributed by atoms with E-state index in [4.69, 9.17) is 8.83 Å². The molecule has 0 spiro atoms. The first-order valence-electron chi connectivity index (χ1n) is 15.0. The van der Waals surface area contributed by atoms with Gasteiger partial charge in [0.1, 0.15) is 0 Å². The summed E-state index contributed by atoms with van der Waals surface area (Å²) in [6, 6.07) is 0. The topological polar surface area (TPSA) is 55.8 Å². The van der Waals surface area contributed by atoms with Crippen molar-refractivity contribution in [1.82, 2.24) is 0 Å². The summed E-state index contributed by atoms with van der Waals surface area (Å²) >= 11 is 0. The summed E-state index contributed by atoms with van der Waals surface area (Å²) in [5, 5.41) is 0. The van der Waals surface area contributed by atoms with Crippen LogP contribution in [-0.2, 0) is 13.4 Å². The fraction of sp³-hybridized carbons (Fsp3) is 1.00. The van der Waals surface area contributed by atoms with Gasteiger partial charge in [-0.25, -0.2) is 0 Å². The molecule has 208 valence electrons. The van der Waals surface area contributed by atoms with Crippen molar-refractivity contribution in [3.05, 3.63) is 0 Å². The summed E-state index contributed by atoms with van der Waals surface area (Å²) in [5.74, 6) is 0. The average Bonchev–Trinajstić information content (AvgIpc) is 2.82. The fourth-order valence-corrected chi connectivity index (χ4v) is 15.1. The van der Waals surface area contributed by atoms with Gasteiger partial charge in [0.15, 0.2) is 0 Å². The van der Waals surface area contributed by atoms with Gasteiger partial charge in [-0.2, -0.15) is 0 Å². The van der Waals surface area contributed by atoms with Crippen LogP contribution in [0.4, 0.5) is 0 Å². The zero-order chi connectivity index (χ0) is 25.6. The number of phosphoric acid groups is 1. The van der Waals surface area contributed by atoms with E-state index in [0.717, 1.165) is 88.9 Å². The molecule has 0 aliphatic carbocycles. The molecule has 0 bridgehead atoms. The van der Waals surface area contributed by atoms with Crippen molar-refractivity contribution in [2.45, 2.75) is 150 Å². The first-order chi connectivity index (χ1) is 16.3. The molecule has 0 aromatic carbocycles. The monoisotopic (exact) mass is 524 g/mol. The van der Waals surface area contributed by atoms with Crippen LogP contribution in [0.15, 0.2) is 0 Å². The van der Waals surface area contributed by atoms with Crippen LogP contribution in [0.3, 0.4) is 0 Å². The Balaban J connectivity index is 4.93. The molecule has 0 aromatic heterocycles. The second-order valence-electron chi connectivity index (χ2n) is 10.7. The van der Waals surface area contributed by atoms with Crippen LogP contribution in [0.25, 0.3) is 0 Å². The minimum absolute atomic E-state index is 0.333. The molecule has 0 aromatic rings. The summed E-state index contributed by atoms with van der Waals surface area (Å²) in [5.41, 5.74) is 0. The van der Waals surface area contributed by atoms with Gasteiger partial charge in [-0.05, 0) is 0 Å². The molecule has 0 saturated carbocycles. The van der Waals surface area contributed by atoms with Gasteiger partial charge in [0, 0.05) is 0 Å². The number of phosphoric ester groups is 1. The summed E-state index contributed by atoms with van der Waals surface area (Å²) in [6.07, 6.45) is 25.0. The Kier molecular flexibility index (Phi) is 20.9. The summed E-state index contributed by atoms with van der Waals surface area (Å²) < 4.78 is 25.4. The summed E-state index contributed by atoms with van der Waals surface area (Å²) in [7, 11) is -4.06. The van der Waals surface area contributed by atoms with Crippen molar-refractivity contribution < 1.29 is 18.3 Å². The van der Waals surface area contributed by atoms with E-state index in [-0.39, 0.29) is 0 Å². The van der Waals surface area contributed by atoms with Crippen molar-refractivity contribution in [2.24, 2.45) is 0 Å². The van der Waals surface area contributed by atoms with Gasteiger partial charge in [0.25, 0.3) is 0 Å². The number of rotatable bonds is 26. The minimum atomic E-state index is -4.06. The molecule has 0 aliphatic heterocycles. The van der Waals surface area contributed by atoms with Crippen molar-refractivity contribution in [3.63, 3.8) is 0 Å². The molecule has 1 unspecified atom stereocenters. The van der Waals surface area contributed by atoms with Crippen LogP contribution in [0.1, 0.15) is 150 Å². The van der Waals surface area contributed by atoms with Gasteiger partial charge in [0.05, 0.1) is 0 Å². The molecule has 1 N–H and O–H groups in total. The summed E-state index contributed by atoms with van der Waals surface area (Å²) in [4.78, 5) is 10.9. The predicted octanol–water partition coefficient (Wildman–Crippen LogP) is 10.7. The molecule has 0 heterocycles. The molecule has 0 aliphatic rings. The van der Waals surface area contributed by atoms with Gasteiger partial charge in [-0.3, -0.25) is 0 Å². The Hall–Kier alpha value is 0.540. The molecule has 0 rings (SSSR count). The molecule has 4 nitrogen and oxygen atoms in total. The van der Waals surface area contributed by atoms with Crippen LogP contribution in [0.2, 0.25) is 0 Å². The van der Waals surface area contributed by atoms with Gasteiger partial charge in [-0.1, -0.05) is 19.8 Å². The maximum atomic E-state index is 13.3. The Bertz CT molecular complexity index is 469. The zero-order valence-corrected chi connectivity index (χ0v) is 25.6. The predicted molar refractivity (Wildman–Crippen MR) is 155 cm³/mol. The first-order valence-corrected chi connectivity index (χ1v) is 19.4. The van der Waals surface area contributed by atoms with Crippen molar-refractivity contribution >= 4 is 14.7 Å². The zero-order valence-electron chi connectivity index (χ0n) is 23.8. The Labute approximate surface area is 214 Å². The number of unbranched alkanes of at least 4 members (excludes halogenated alkanes) is 13. The summed E-state index contributed by atoms with van der Waals surface area (Å²) in [6.45, 7) is 8.64. The average molecular weight is 525 g/mol. The number of hydrogen-bond acceptors (Lipinski definition) is 3. The third kappa shape index (κ3) is 15.6. The van der Waals surface area contributed by atoms with Gasteiger partial charge in [0.2, 0.25) is 0 Å². The molecule has 0 saturated heterocycles. The third-order valence-electron chi connectivity index (χ3n) is 7.40. The van der Waals surface area contributed by atoms with Crippen LogP contribution in [-0.4, -0.2) is 36.1 Å². The van der Waals surface area contributed by atoms with Crippen molar-refractivity contribution in [1.29, 1.82) is 0 Å². The first kappa shape index (κ1) is 34.5. The normalized spacial score (nSPS) is 15.2. The van der Waals surface area contributed by atoms with Crippen LogP contribution >= 0.6 is 14.7 Å². The van der Waals surface area contributed by atoms with Crippen molar-refractivity contribution in [3.8, 4) is 0 Å². The van der Waals surface area contributed by atoms with E-state index >= 15 is 0 Å². The molecular formula is C28H62O4P2. The van der Waals surface area contributed by atoms with E-state index in [0.29, 0.717) is 6.61 Å². The molecular weight excluding hydrogens is 462 g/mol. The molecule has 6 heteroatoms.